The molecule has 2 rings (SSSR count). The molecule has 1 aromatic rings. The van der Waals surface area contributed by atoms with Crippen molar-refractivity contribution in [1.29, 1.82) is 0 Å². The first-order valence-corrected chi connectivity index (χ1v) is 6.11. The van der Waals surface area contributed by atoms with Crippen LogP contribution >= 0.6 is 23.2 Å². The summed E-state index contributed by atoms with van der Waals surface area (Å²) < 4.78 is 5.17. The van der Waals surface area contributed by atoms with Gasteiger partial charge in [0.15, 0.2) is 5.78 Å². The van der Waals surface area contributed by atoms with Crippen molar-refractivity contribution < 1.29 is 9.53 Å². The monoisotopic (exact) mass is 273 g/mol. The summed E-state index contributed by atoms with van der Waals surface area (Å²) in [5, 5.41) is 0.988. The van der Waals surface area contributed by atoms with Gasteiger partial charge in [-0.1, -0.05) is 29.3 Å². The second-order valence-corrected chi connectivity index (χ2v) is 5.07. The Hall–Kier alpha value is -0.610. The molecule has 3 nitrogen and oxygen atoms in total. The molecule has 1 aliphatic heterocycles. The van der Waals surface area contributed by atoms with Gasteiger partial charge in [-0.2, -0.15) is 0 Å². The number of ether oxygens (including phenoxy) is 1. The maximum atomic E-state index is 12.1. The summed E-state index contributed by atoms with van der Waals surface area (Å²) in [5.41, 5.74) is 5.74. The van der Waals surface area contributed by atoms with Crippen LogP contribution in [0.3, 0.4) is 0 Å². The quantitative estimate of drug-likeness (QED) is 0.919. The molecule has 2 N–H and O–H groups in total. The number of Topliss-reactive ketones (excluding diaryl/α,β-unsaturated/α-hetero) is 1. The van der Waals surface area contributed by atoms with E-state index >= 15 is 0 Å². The number of hydrogen-bond acceptors (Lipinski definition) is 3. The molecule has 17 heavy (non-hydrogen) atoms. The number of hydrogen-bond donors (Lipinski definition) is 1. The number of ketones is 1. The van der Waals surface area contributed by atoms with Crippen LogP contribution in [0.2, 0.25) is 10.0 Å². The third kappa shape index (κ3) is 2.63. The van der Waals surface area contributed by atoms with Gasteiger partial charge in [-0.05, 0) is 24.1 Å². The summed E-state index contributed by atoms with van der Waals surface area (Å²) in [4.78, 5) is 12.1. The molecule has 0 amide bonds. The third-order valence-corrected chi connectivity index (χ3v) is 3.71. The van der Waals surface area contributed by atoms with E-state index < -0.39 is 5.54 Å². The second kappa shape index (κ2) is 4.94. The fourth-order valence-electron chi connectivity index (χ4n) is 1.84. The molecule has 92 valence electrons. The minimum Gasteiger partial charge on any atom is -0.379 e. The van der Waals surface area contributed by atoms with Crippen molar-refractivity contribution in [2.75, 3.05) is 13.2 Å². The second-order valence-electron chi connectivity index (χ2n) is 4.26. The van der Waals surface area contributed by atoms with Crippen LogP contribution < -0.4 is 5.73 Å². The van der Waals surface area contributed by atoms with Crippen LogP contribution in [0.4, 0.5) is 0 Å². The van der Waals surface area contributed by atoms with Crippen LogP contribution in [-0.4, -0.2) is 24.5 Å². The summed E-state index contributed by atoms with van der Waals surface area (Å²) in [6.07, 6.45) is 0.701. The average molecular weight is 274 g/mol. The van der Waals surface area contributed by atoms with Gasteiger partial charge >= 0.3 is 0 Å². The van der Waals surface area contributed by atoms with Gasteiger partial charge < -0.3 is 10.5 Å². The Morgan fingerprint density at radius 1 is 1.41 bits per heavy atom. The zero-order chi connectivity index (χ0) is 12.5. The van der Waals surface area contributed by atoms with Crippen molar-refractivity contribution >= 4 is 29.0 Å². The fourth-order valence-corrected chi connectivity index (χ4v) is 2.37. The topological polar surface area (TPSA) is 52.3 Å². The van der Waals surface area contributed by atoms with E-state index in [0.29, 0.717) is 28.6 Å². The summed E-state index contributed by atoms with van der Waals surface area (Å²) in [6.45, 7) is 0.798. The molecule has 1 aromatic carbocycles. The first-order valence-electron chi connectivity index (χ1n) is 5.36. The molecule has 1 aliphatic rings. The molecular formula is C12H13Cl2NO2. The van der Waals surface area contributed by atoms with E-state index in [1.165, 1.54) is 0 Å². The van der Waals surface area contributed by atoms with Gasteiger partial charge in [0.25, 0.3) is 0 Å². The normalized spacial score (nSPS) is 23.9. The van der Waals surface area contributed by atoms with Gasteiger partial charge in [-0.25, -0.2) is 0 Å². The van der Waals surface area contributed by atoms with Gasteiger partial charge in [0.05, 0.1) is 6.61 Å². The molecule has 5 heteroatoms. The number of halogens is 2. The predicted octanol–water partition coefficient (Wildman–Crippen LogP) is 2.22. The van der Waals surface area contributed by atoms with Crippen molar-refractivity contribution in [3.8, 4) is 0 Å². The minimum absolute atomic E-state index is 0.0787. The van der Waals surface area contributed by atoms with E-state index in [4.69, 9.17) is 33.7 Å². The SMILES string of the molecule is NC1(C(=O)Cc2c(Cl)cccc2Cl)CCOC1. The molecule has 0 aromatic heterocycles. The first kappa shape index (κ1) is 12.8. The summed E-state index contributed by atoms with van der Waals surface area (Å²) in [5.74, 6) is -0.0787. The van der Waals surface area contributed by atoms with E-state index in [9.17, 15) is 4.79 Å². The van der Waals surface area contributed by atoms with E-state index in [1.807, 2.05) is 0 Å². The highest BCUT2D eigenvalue weighted by atomic mass is 35.5. The zero-order valence-electron chi connectivity index (χ0n) is 9.21. The number of carbonyl (C=O) groups excluding carboxylic acids is 1. The smallest absolute Gasteiger partial charge is 0.159 e. The van der Waals surface area contributed by atoms with Crippen LogP contribution in [0.1, 0.15) is 12.0 Å². The Kier molecular flexibility index (Phi) is 3.73. The average Bonchev–Trinajstić information content (AvgIpc) is 2.72. The maximum absolute atomic E-state index is 12.1. The van der Waals surface area contributed by atoms with Gasteiger partial charge in [-0.15, -0.1) is 0 Å². The highest BCUT2D eigenvalue weighted by Crippen LogP contribution is 2.27. The van der Waals surface area contributed by atoms with Crippen molar-refractivity contribution in [2.24, 2.45) is 5.73 Å². The van der Waals surface area contributed by atoms with E-state index in [-0.39, 0.29) is 18.8 Å². The van der Waals surface area contributed by atoms with Gasteiger partial charge in [0.1, 0.15) is 5.54 Å². The van der Waals surface area contributed by atoms with Crippen molar-refractivity contribution in [2.45, 2.75) is 18.4 Å². The van der Waals surface area contributed by atoms with Gasteiger partial charge in [0, 0.05) is 23.1 Å². The summed E-state index contributed by atoms with van der Waals surface area (Å²) in [7, 11) is 0. The molecule has 1 saturated heterocycles. The lowest BCUT2D eigenvalue weighted by Gasteiger charge is -2.20. The van der Waals surface area contributed by atoms with Crippen LogP contribution in [0, 0.1) is 0 Å². The molecule has 0 bridgehead atoms. The minimum atomic E-state index is -0.886. The van der Waals surface area contributed by atoms with Crippen molar-refractivity contribution in [3.63, 3.8) is 0 Å². The maximum Gasteiger partial charge on any atom is 0.159 e. The molecular weight excluding hydrogens is 261 g/mol. The van der Waals surface area contributed by atoms with Crippen LogP contribution in [0.5, 0.6) is 0 Å². The number of nitrogens with two attached hydrogens (primary N) is 1. The Bertz CT molecular complexity index is 422. The molecule has 1 unspecified atom stereocenters. The Morgan fingerprint density at radius 2 is 2.06 bits per heavy atom. The molecule has 1 atom stereocenters. The lowest BCUT2D eigenvalue weighted by molar-refractivity contribution is -0.123. The molecule has 0 saturated carbocycles. The molecule has 1 heterocycles. The van der Waals surface area contributed by atoms with Crippen molar-refractivity contribution in [3.05, 3.63) is 33.8 Å². The van der Waals surface area contributed by atoms with Crippen LogP contribution in [-0.2, 0) is 16.0 Å². The van der Waals surface area contributed by atoms with Crippen molar-refractivity contribution in [1.82, 2.24) is 0 Å². The fraction of sp³-hybridized carbons (Fsp3) is 0.417. The molecule has 0 radical (unpaired) electrons. The van der Waals surface area contributed by atoms with Gasteiger partial charge in [-0.3, -0.25) is 4.79 Å². The first-order chi connectivity index (χ1) is 8.03. The standard InChI is InChI=1S/C12H13Cl2NO2/c13-9-2-1-3-10(14)8(9)6-11(16)12(15)4-5-17-7-12/h1-3H,4-7,15H2. The lowest BCUT2D eigenvalue weighted by atomic mass is 9.90. The Labute approximate surface area is 110 Å². The highest BCUT2D eigenvalue weighted by molar-refractivity contribution is 6.36. The highest BCUT2D eigenvalue weighted by Gasteiger charge is 2.38. The summed E-state index contributed by atoms with van der Waals surface area (Å²) >= 11 is 12.0. The van der Waals surface area contributed by atoms with Gasteiger partial charge in [0.2, 0.25) is 0 Å². The van der Waals surface area contributed by atoms with E-state index in [1.54, 1.807) is 18.2 Å². The number of carbonyl (C=O) groups is 1. The third-order valence-electron chi connectivity index (χ3n) is 3.01. The predicted molar refractivity (Wildman–Crippen MR) is 67.5 cm³/mol. The molecule has 0 spiro atoms. The Morgan fingerprint density at radius 3 is 2.59 bits per heavy atom. The largest absolute Gasteiger partial charge is 0.379 e. The van der Waals surface area contributed by atoms with E-state index in [0.717, 1.165) is 0 Å². The lowest BCUT2D eigenvalue weighted by Crippen LogP contribution is -2.49. The van der Waals surface area contributed by atoms with Crippen LogP contribution in [0.15, 0.2) is 18.2 Å². The number of rotatable bonds is 3. The van der Waals surface area contributed by atoms with Crippen LogP contribution in [0.25, 0.3) is 0 Å². The van der Waals surface area contributed by atoms with E-state index in [2.05, 4.69) is 0 Å². The molecule has 0 aliphatic carbocycles. The molecule has 1 fully saturated rings. The Balaban J connectivity index is 2.18. The summed E-state index contributed by atoms with van der Waals surface area (Å²) in [6, 6.07) is 5.17. The zero-order valence-corrected chi connectivity index (χ0v) is 10.7. The number of benzene rings is 1.